The van der Waals surface area contributed by atoms with E-state index in [0.29, 0.717) is 42.7 Å². The number of halogens is 1. The molecular weight excluding hydrogens is 446 g/mol. The molecule has 1 saturated heterocycles. The third-order valence-electron chi connectivity index (χ3n) is 7.90. The van der Waals surface area contributed by atoms with Crippen LogP contribution < -0.4 is 5.32 Å². The van der Waals surface area contributed by atoms with Crippen molar-refractivity contribution in [2.75, 3.05) is 26.2 Å². The van der Waals surface area contributed by atoms with Gasteiger partial charge in [0.25, 0.3) is 5.91 Å². The topological polar surface area (TPSA) is 52.7 Å². The second-order valence-corrected chi connectivity index (χ2v) is 10.4. The molecule has 5 rings (SSSR count). The minimum absolute atomic E-state index is 0.0223. The highest BCUT2D eigenvalue weighted by molar-refractivity contribution is 6.33. The molecule has 2 atom stereocenters. The number of piperazine rings is 1. The zero-order chi connectivity index (χ0) is 23.5. The Kier molecular flexibility index (Phi) is 7.21. The van der Waals surface area contributed by atoms with Gasteiger partial charge in [0.05, 0.1) is 22.7 Å². The molecule has 34 heavy (non-hydrogen) atoms. The molecule has 2 fully saturated rings. The van der Waals surface area contributed by atoms with Gasteiger partial charge in [0, 0.05) is 26.2 Å². The molecule has 0 spiro atoms. The van der Waals surface area contributed by atoms with E-state index in [-0.39, 0.29) is 23.9 Å². The van der Waals surface area contributed by atoms with Gasteiger partial charge in [-0.05, 0) is 61.3 Å². The fraction of sp³-hybridized carbons (Fsp3) is 0.500. The lowest BCUT2D eigenvalue weighted by Crippen LogP contribution is -2.58. The van der Waals surface area contributed by atoms with Crippen LogP contribution in [0.3, 0.4) is 0 Å². The maximum atomic E-state index is 13.7. The zero-order valence-electron chi connectivity index (χ0n) is 19.7. The van der Waals surface area contributed by atoms with Crippen molar-refractivity contribution in [3.8, 4) is 0 Å². The lowest BCUT2D eigenvalue weighted by atomic mass is 9.87. The van der Waals surface area contributed by atoms with Crippen molar-refractivity contribution in [3.63, 3.8) is 0 Å². The summed E-state index contributed by atoms with van der Waals surface area (Å²) in [5.74, 6) is 0.537. The summed E-state index contributed by atoms with van der Waals surface area (Å²) in [5.41, 5.74) is 3.20. The maximum Gasteiger partial charge on any atom is 0.255 e. The average Bonchev–Trinajstić information content (AvgIpc) is 3.39. The minimum Gasteiger partial charge on any atom is -0.348 e. The highest BCUT2D eigenvalue weighted by Crippen LogP contribution is 2.34. The summed E-state index contributed by atoms with van der Waals surface area (Å²) in [5, 5.41) is 3.93. The van der Waals surface area contributed by atoms with Crippen LogP contribution in [0.1, 0.15) is 66.1 Å². The fourth-order valence-corrected chi connectivity index (χ4v) is 6.34. The van der Waals surface area contributed by atoms with Crippen LogP contribution in [0.15, 0.2) is 48.5 Å². The summed E-state index contributed by atoms with van der Waals surface area (Å²) < 4.78 is 0. The van der Waals surface area contributed by atoms with Crippen molar-refractivity contribution in [2.24, 2.45) is 5.92 Å². The number of rotatable bonds is 5. The first-order valence-corrected chi connectivity index (χ1v) is 13.2. The van der Waals surface area contributed by atoms with Crippen LogP contribution in [0.5, 0.6) is 0 Å². The normalized spacial score (nSPS) is 22.3. The quantitative estimate of drug-likeness (QED) is 0.666. The van der Waals surface area contributed by atoms with Gasteiger partial charge >= 0.3 is 0 Å². The number of carbonyl (C=O) groups excluding carboxylic acids is 2. The molecule has 2 aliphatic carbocycles. The molecule has 0 bridgehead atoms. The Morgan fingerprint density at radius 3 is 2.35 bits per heavy atom. The summed E-state index contributed by atoms with van der Waals surface area (Å²) in [6.07, 6.45) is 7.82. The van der Waals surface area contributed by atoms with E-state index in [1.807, 2.05) is 17.0 Å². The minimum atomic E-state index is -0.117. The molecule has 2 aromatic carbocycles. The SMILES string of the molecule is O=C(N[C@@H]1CCCc2ccccc21)[C@@H](C1CCCC1)N1CCN(C(=O)c2ccccc2Cl)CC1. The molecule has 0 radical (unpaired) electrons. The molecule has 0 unspecified atom stereocenters. The van der Waals surface area contributed by atoms with Crippen LogP contribution >= 0.6 is 11.6 Å². The highest BCUT2D eigenvalue weighted by atomic mass is 35.5. The van der Waals surface area contributed by atoms with Crippen LogP contribution in [-0.2, 0) is 11.2 Å². The Labute approximate surface area is 207 Å². The monoisotopic (exact) mass is 479 g/mol. The Hall–Kier alpha value is -2.37. The van der Waals surface area contributed by atoms with Crippen molar-refractivity contribution in [1.29, 1.82) is 0 Å². The fourth-order valence-electron chi connectivity index (χ4n) is 6.12. The maximum absolute atomic E-state index is 13.7. The summed E-state index contributed by atoms with van der Waals surface area (Å²) in [6.45, 7) is 2.66. The predicted octanol–water partition coefficient (Wildman–Crippen LogP) is 4.85. The van der Waals surface area contributed by atoms with Gasteiger partial charge in [0.1, 0.15) is 0 Å². The molecule has 3 aliphatic rings. The predicted molar refractivity (Wildman–Crippen MR) is 135 cm³/mol. The molecule has 1 heterocycles. The van der Waals surface area contributed by atoms with E-state index in [1.165, 1.54) is 24.0 Å². The van der Waals surface area contributed by atoms with Crippen molar-refractivity contribution in [2.45, 2.75) is 57.0 Å². The molecule has 5 nitrogen and oxygen atoms in total. The Balaban J connectivity index is 1.27. The summed E-state index contributed by atoms with van der Waals surface area (Å²) in [4.78, 5) is 31.0. The van der Waals surface area contributed by atoms with E-state index in [1.54, 1.807) is 12.1 Å². The van der Waals surface area contributed by atoms with Gasteiger partial charge in [-0.2, -0.15) is 0 Å². The van der Waals surface area contributed by atoms with Gasteiger partial charge in [0.2, 0.25) is 5.91 Å². The van der Waals surface area contributed by atoms with Gasteiger partial charge in [-0.15, -0.1) is 0 Å². The zero-order valence-corrected chi connectivity index (χ0v) is 20.5. The van der Waals surface area contributed by atoms with Crippen molar-refractivity contribution >= 4 is 23.4 Å². The van der Waals surface area contributed by atoms with E-state index in [0.717, 1.165) is 32.1 Å². The van der Waals surface area contributed by atoms with E-state index in [9.17, 15) is 9.59 Å². The van der Waals surface area contributed by atoms with Crippen LogP contribution in [0.4, 0.5) is 0 Å². The lowest BCUT2D eigenvalue weighted by Gasteiger charge is -2.41. The first kappa shape index (κ1) is 23.4. The number of nitrogens with zero attached hydrogens (tertiary/aromatic N) is 2. The Morgan fingerprint density at radius 1 is 0.882 bits per heavy atom. The lowest BCUT2D eigenvalue weighted by molar-refractivity contribution is -0.130. The third-order valence-corrected chi connectivity index (χ3v) is 8.23. The molecule has 1 N–H and O–H groups in total. The van der Waals surface area contributed by atoms with E-state index >= 15 is 0 Å². The Bertz CT molecular complexity index is 1030. The molecule has 0 aromatic heterocycles. The number of aryl methyl sites for hydroxylation is 1. The van der Waals surface area contributed by atoms with Crippen LogP contribution in [0.25, 0.3) is 0 Å². The molecule has 180 valence electrons. The van der Waals surface area contributed by atoms with Crippen LogP contribution in [0.2, 0.25) is 5.02 Å². The molecule has 1 aliphatic heterocycles. The van der Waals surface area contributed by atoms with Gasteiger partial charge in [-0.1, -0.05) is 60.8 Å². The average molecular weight is 480 g/mol. The largest absolute Gasteiger partial charge is 0.348 e. The Morgan fingerprint density at radius 2 is 1.59 bits per heavy atom. The van der Waals surface area contributed by atoms with Gasteiger partial charge in [-0.25, -0.2) is 0 Å². The number of benzene rings is 2. The van der Waals surface area contributed by atoms with Gasteiger partial charge < -0.3 is 10.2 Å². The summed E-state index contributed by atoms with van der Waals surface area (Å²) >= 11 is 6.26. The number of fused-ring (bicyclic) bond motifs is 1. The molecule has 2 aromatic rings. The molecule has 1 saturated carbocycles. The first-order valence-electron chi connectivity index (χ1n) is 12.8. The molecule has 2 amide bonds. The summed E-state index contributed by atoms with van der Waals surface area (Å²) in [7, 11) is 0. The van der Waals surface area contributed by atoms with Gasteiger partial charge in [0.15, 0.2) is 0 Å². The van der Waals surface area contributed by atoms with Crippen LogP contribution in [-0.4, -0.2) is 53.8 Å². The number of hydrogen-bond acceptors (Lipinski definition) is 3. The standard InChI is InChI=1S/C28H34ClN3O2/c29-24-14-6-5-13-23(24)28(34)32-18-16-31(17-19-32)26(21-9-1-2-10-21)27(33)30-25-15-7-11-20-8-3-4-12-22(20)25/h3-6,8,12-14,21,25-26H,1-2,7,9-11,15-19H2,(H,30,33)/t25-,26-/m1/s1. The number of hydrogen-bond donors (Lipinski definition) is 1. The highest BCUT2D eigenvalue weighted by Gasteiger charge is 2.38. The van der Waals surface area contributed by atoms with E-state index in [4.69, 9.17) is 11.6 Å². The van der Waals surface area contributed by atoms with Crippen molar-refractivity contribution in [3.05, 3.63) is 70.2 Å². The van der Waals surface area contributed by atoms with E-state index in [2.05, 4.69) is 34.5 Å². The molecule has 6 heteroatoms. The van der Waals surface area contributed by atoms with E-state index < -0.39 is 0 Å². The smallest absolute Gasteiger partial charge is 0.255 e. The first-order chi connectivity index (χ1) is 16.6. The van der Waals surface area contributed by atoms with Crippen LogP contribution in [0, 0.1) is 5.92 Å². The molecular formula is C28H34ClN3O2. The number of carbonyl (C=O) groups is 2. The second-order valence-electron chi connectivity index (χ2n) is 9.95. The summed E-state index contributed by atoms with van der Waals surface area (Å²) in [6, 6.07) is 15.7. The number of amides is 2. The van der Waals surface area contributed by atoms with Crippen molar-refractivity contribution < 1.29 is 9.59 Å². The third kappa shape index (κ3) is 4.87. The van der Waals surface area contributed by atoms with Gasteiger partial charge in [-0.3, -0.25) is 14.5 Å². The second kappa shape index (κ2) is 10.5. The number of nitrogens with one attached hydrogen (secondary N) is 1. The van der Waals surface area contributed by atoms with Crippen molar-refractivity contribution in [1.82, 2.24) is 15.1 Å².